The summed E-state index contributed by atoms with van der Waals surface area (Å²) in [6.45, 7) is 2.47. The molecular weight excluding hydrogens is 1000 g/mol. The molecule has 2 aromatic rings. The molecule has 2 amide bonds. The van der Waals surface area contributed by atoms with Gasteiger partial charge in [-0.2, -0.15) is 4.31 Å². The Labute approximate surface area is 409 Å². The normalized spacial score (nSPS) is 20.7. The van der Waals surface area contributed by atoms with Gasteiger partial charge >= 0.3 is 23.5 Å². The number of hydrogen-bond donors (Lipinski definition) is 10. The summed E-state index contributed by atoms with van der Waals surface area (Å²) in [6, 6.07) is 0. The smallest absolute Gasteiger partial charge is 0.393 e. The molecule has 1 aliphatic heterocycles. The summed E-state index contributed by atoms with van der Waals surface area (Å²) in [6.07, 6.45) is 16.1. The lowest BCUT2D eigenvalue weighted by Crippen LogP contribution is -2.46. The predicted octanol–water partition coefficient (Wildman–Crippen LogP) is 3.78. The number of allylic oxidation sites excluding steroid dienone is 8. The Kier molecular flexibility index (Phi) is 25.9. The van der Waals surface area contributed by atoms with E-state index in [1.807, 2.05) is 0 Å². The second-order valence-electron chi connectivity index (χ2n) is 16.4. The first-order chi connectivity index (χ1) is 32.9. The third-order valence-corrected chi connectivity index (χ3v) is 14.0. The van der Waals surface area contributed by atoms with Crippen LogP contribution in [0.2, 0.25) is 0 Å². The van der Waals surface area contributed by atoms with Gasteiger partial charge in [-0.15, -0.1) is 0 Å². The minimum atomic E-state index is -5.59. The zero-order valence-electron chi connectivity index (χ0n) is 39.1. The lowest BCUT2D eigenvalue weighted by Gasteiger charge is -2.30. The van der Waals surface area contributed by atoms with Gasteiger partial charge in [-0.3, -0.25) is 32.5 Å². The molecule has 0 saturated carbocycles. The quantitative estimate of drug-likeness (QED) is 0.0276. The Morgan fingerprint density at radius 3 is 2.21 bits per heavy atom. The van der Waals surface area contributed by atoms with Gasteiger partial charge in [0.05, 0.1) is 25.6 Å². The number of unbranched alkanes of at least 4 members (excludes halogenated alkanes) is 2. The lowest BCUT2D eigenvalue weighted by atomic mass is 9.87. The maximum absolute atomic E-state index is 12.7. The molecule has 3 heterocycles. The van der Waals surface area contributed by atoms with Gasteiger partial charge in [-0.25, -0.2) is 28.6 Å². The highest BCUT2D eigenvalue weighted by Gasteiger charge is 2.50. The molecule has 70 heavy (non-hydrogen) atoms. The molecule has 0 radical (unpaired) electrons. The topological polar surface area (TPSA) is 384 Å². The highest BCUT2D eigenvalue weighted by Crippen LogP contribution is 2.61. The van der Waals surface area contributed by atoms with Crippen LogP contribution in [0.15, 0.2) is 61.3 Å². The van der Waals surface area contributed by atoms with E-state index in [4.69, 9.17) is 19.5 Å². The number of anilines is 1. The number of nitrogens with zero attached hydrogens (tertiary/aromatic N) is 4. The Hall–Kier alpha value is -3.52. The highest BCUT2D eigenvalue weighted by molar-refractivity contribution is 8.13. The fourth-order valence-electron chi connectivity index (χ4n) is 6.39. The van der Waals surface area contributed by atoms with E-state index in [0.717, 1.165) is 73.9 Å². The number of nitrogen functional groups attached to an aromatic ring is 1. The van der Waals surface area contributed by atoms with Crippen LogP contribution in [0.4, 0.5) is 5.82 Å². The molecule has 1 fully saturated rings. The summed E-state index contributed by atoms with van der Waals surface area (Å²) in [5, 5.41) is 36.6. The molecule has 29 heteroatoms. The number of amides is 2. The zero-order valence-corrected chi connectivity index (χ0v) is 42.6. The van der Waals surface area contributed by atoms with Crippen LogP contribution in [-0.4, -0.2) is 134 Å². The number of imidazole rings is 1. The zero-order chi connectivity index (χ0) is 52.0. The number of phosphoric ester groups is 3. The molecule has 3 rings (SSSR count). The van der Waals surface area contributed by atoms with Crippen molar-refractivity contribution in [2.75, 3.05) is 37.8 Å². The number of aliphatic hydroxyl groups excluding tert-OH is 3. The Morgan fingerprint density at radius 2 is 1.56 bits per heavy atom. The molecule has 25 nitrogen and oxygen atoms in total. The van der Waals surface area contributed by atoms with Crippen molar-refractivity contribution >= 4 is 69.1 Å². The third-order valence-electron chi connectivity index (χ3n) is 10.0. The molecule has 2 unspecified atom stereocenters. The number of aromatic nitrogens is 4. The minimum absolute atomic E-state index is 0.00946. The molecule has 1 saturated heterocycles. The number of fused-ring (bicyclic) bond motifs is 1. The van der Waals surface area contributed by atoms with Gasteiger partial charge < -0.3 is 56.0 Å². The van der Waals surface area contributed by atoms with Crippen LogP contribution in [0.5, 0.6) is 0 Å². The fourth-order valence-corrected chi connectivity index (χ4v) is 9.96. The third kappa shape index (κ3) is 22.5. The molecule has 0 bridgehead atoms. The average Bonchev–Trinajstić information content (AvgIpc) is 3.84. The summed E-state index contributed by atoms with van der Waals surface area (Å²) in [5.74, 6) is -1.26. The molecule has 8 atom stereocenters. The van der Waals surface area contributed by atoms with E-state index in [1.165, 1.54) is 13.8 Å². The van der Waals surface area contributed by atoms with E-state index in [9.17, 15) is 63.0 Å². The van der Waals surface area contributed by atoms with Gasteiger partial charge in [0.2, 0.25) is 11.8 Å². The summed E-state index contributed by atoms with van der Waals surface area (Å²) in [7, 11) is -16.5. The van der Waals surface area contributed by atoms with Crippen LogP contribution in [0.3, 0.4) is 0 Å². The van der Waals surface area contributed by atoms with Gasteiger partial charge in [-0.1, -0.05) is 87.6 Å². The van der Waals surface area contributed by atoms with Gasteiger partial charge in [0, 0.05) is 37.1 Å². The summed E-state index contributed by atoms with van der Waals surface area (Å²) in [5.41, 5.74) is 4.24. The Balaban J connectivity index is 1.31. The second kappa shape index (κ2) is 29.9. The average molecular weight is 1070 g/mol. The predicted molar refractivity (Wildman–Crippen MR) is 257 cm³/mol. The number of ether oxygens (including phenoxy) is 1. The van der Waals surface area contributed by atoms with Gasteiger partial charge in [0.1, 0.15) is 36.3 Å². The van der Waals surface area contributed by atoms with Crippen molar-refractivity contribution in [3.63, 3.8) is 0 Å². The van der Waals surface area contributed by atoms with Crippen LogP contribution in [0, 0.1) is 5.41 Å². The SMILES string of the molecule is CC/C=C\C/C=C\C/C=C\C/C=C\CCCC[C@@H](O)CC(=O)SCCNC(=O)CCNC(=O)[C@H](O)C(C)(C)COP(=O)(O)OP(=O)(O)OC[C@H]1O[C@@H](n2cnc3c(N)ncnc32)[C@H](O)[C@@H]1OP(=O)(O)O. The number of hydrogen-bond acceptors (Lipinski definition) is 19. The van der Waals surface area contributed by atoms with E-state index in [1.54, 1.807) is 0 Å². The number of phosphoric acid groups is 3. The molecule has 0 aromatic carbocycles. The maximum Gasteiger partial charge on any atom is 0.481 e. The largest absolute Gasteiger partial charge is 0.481 e. The number of nitrogens with two attached hydrogens (primary N) is 1. The number of nitrogens with one attached hydrogen (secondary N) is 2. The molecular formula is C41H66N7O18P3S. The van der Waals surface area contributed by atoms with E-state index >= 15 is 0 Å². The molecule has 1 aliphatic rings. The van der Waals surface area contributed by atoms with Crippen molar-refractivity contribution in [3.05, 3.63) is 61.3 Å². The number of carbonyl (C=O) groups excluding carboxylic acids is 3. The van der Waals surface area contributed by atoms with Crippen LogP contribution in [0.25, 0.3) is 11.2 Å². The Morgan fingerprint density at radius 1 is 0.914 bits per heavy atom. The van der Waals surface area contributed by atoms with E-state index in [-0.39, 0.29) is 53.8 Å². The molecule has 394 valence electrons. The first-order valence-corrected chi connectivity index (χ1v) is 27.8. The van der Waals surface area contributed by atoms with Crippen molar-refractivity contribution in [2.24, 2.45) is 5.41 Å². The molecule has 11 N–H and O–H groups in total. The lowest BCUT2D eigenvalue weighted by molar-refractivity contribution is -0.137. The van der Waals surface area contributed by atoms with E-state index < -0.39 is 90.7 Å². The van der Waals surface area contributed by atoms with Crippen molar-refractivity contribution in [3.8, 4) is 0 Å². The summed E-state index contributed by atoms with van der Waals surface area (Å²) >= 11 is 0.978. The second-order valence-corrected chi connectivity index (χ2v) is 21.8. The van der Waals surface area contributed by atoms with Crippen LogP contribution >= 0.6 is 35.2 Å². The van der Waals surface area contributed by atoms with Crippen molar-refractivity contribution < 1.29 is 85.6 Å². The number of thioether (sulfide) groups is 1. The van der Waals surface area contributed by atoms with Gasteiger partial charge in [0.15, 0.2) is 22.8 Å². The van der Waals surface area contributed by atoms with Gasteiger partial charge in [0.25, 0.3) is 0 Å². The minimum Gasteiger partial charge on any atom is -0.393 e. The van der Waals surface area contributed by atoms with Crippen molar-refractivity contribution in [2.45, 2.75) is 122 Å². The van der Waals surface area contributed by atoms with Crippen LogP contribution < -0.4 is 16.4 Å². The monoisotopic (exact) mass is 1070 g/mol. The standard InChI is InChI=1S/C41H66N7O18P3S/c1-4-5-6-7-8-9-10-11-12-13-14-15-16-17-18-19-29(49)24-32(51)70-23-22-43-31(50)20-21-44-39(54)36(53)41(2,3)26-63-69(60,61)66-68(58,59)62-25-30-35(65-67(55,56)57)34(52)40(64-30)48-28-47-33-37(42)45-27-46-38(33)48/h5-6,8-9,11-12,14-15,27-30,34-36,40,49,52-53H,4,7,10,13,16-26H2,1-3H3,(H,43,50)(H,44,54)(H,58,59)(H,60,61)(H2,42,45,46)(H2,55,56,57)/b6-5-,9-8-,12-11-,15-14-/t29-,30-,34-,35-,36+,40-/m1/s1. The van der Waals surface area contributed by atoms with Gasteiger partial charge in [-0.05, 0) is 44.9 Å². The maximum atomic E-state index is 12.7. The first kappa shape index (κ1) is 60.8. The van der Waals surface area contributed by atoms with E-state index in [0.29, 0.717) is 6.42 Å². The molecule has 0 spiro atoms. The molecule has 2 aromatic heterocycles. The summed E-state index contributed by atoms with van der Waals surface area (Å²) < 4.78 is 62.4. The number of carbonyl (C=O) groups is 3. The number of aliphatic hydroxyl groups is 3. The van der Waals surface area contributed by atoms with Crippen molar-refractivity contribution in [1.29, 1.82) is 0 Å². The number of rotatable bonds is 33. The Bertz CT molecular complexity index is 2260. The van der Waals surface area contributed by atoms with Crippen molar-refractivity contribution in [1.82, 2.24) is 30.2 Å². The summed E-state index contributed by atoms with van der Waals surface area (Å²) in [4.78, 5) is 88.4. The van der Waals surface area contributed by atoms with E-state index in [2.05, 4.69) is 90.0 Å². The molecule has 0 aliphatic carbocycles. The van der Waals surface area contributed by atoms with Crippen LogP contribution in [-0.2, 0) is 50.7 Å². The first-order valence-electron chi connectivity index (χ1n) is 22.3. The van der Waals surface area contributed by atoms with Crippen LogP contribution in [0.1, 0.15) is 91.2 Å². The highest BCUT2D eigenvalue weighted by atomic mass is 32.2. The fraction of sp³-hybridized carbons (Fsp3) is 0.610.